The van der Waals surface area contributed by atoms with Gasteiger partial charge in [0.25, 0.3) is 0 Å². The van der Waals surface area contributed by atoms with Gasteiger partial charge >= 0.3 is 0 Å². The molecule has 0 aliphatic heterocycles. The molecule has 0 bridgehead atoms. The standard InChI is InChI=1S/C19H24N2O5S/c1-25-17-9-8-16(18(12-17)26-2)14-27(23,24)21-13-19(22)20-11-10-15-6-4-3-5-7-15/h3-9,12,21H,10-11,13-14H2,1-2H3,(H,20,22). The van der Waals surface area contributed by atoms with Crippen LogP contribution in [0, 0.1) is 0 Å². The van der Waals surface area contributed by atoms with Gasteiger partial charge in [0.15, 0.2) is 0 Å². The fourth-order valence-corrected chi connectivity index (χ4v) is 3.56. The van der Waals surface area contributed by atoms with Crippen molar-refractivity contribution < 1.29 is 22.7 Å². The van der Waals surface area contributed by atoms with Crippen molar-refractivity contribution in [2.45, 2.75) is 12.2 Å². The van der Waals surface area contributed by atoms with E-state index in [1.807, 2.05) is 30.3 Å². The molecule has 0 aliphatic carbocycles. The summed E-state index contributed by atoms with van der Waals surface area (Å²) in [5.41, 5.74) is 1.58. The highest BCUT2D eigenvalue weighted by molar-refractivity contribution is 7.88. The van der Waals surface area contributed by atoms with Crippen molar-refractivity contribution in [2.24, 2.45) is 0 Å². The second-order valence-corrected chi connectivity index (χ2v) is 7.65. The summed E-state index contributed by atoms with van der Waals surface area (Å²) in [4.78, 5) is 11.9. The number of nitrogens with one attached hydrogen (secondary N) is 2. The first-order valence-electron chi connectivity index (χ1n) is 8.42. The average Bonchev–Trinajstić information content (AvgIpc) is 2.67. The summed E-state index contributed by atoms with van der Waals surface area (Å²) in [5.74, 6) is 0.305. The van der Waals surface area contributed by atoms with Crippen molar-refractivity contribution >= 4 is 15.9 Å². The van der Waals surface area contributed by atoms with Gasteiger partial charge in [-0.1, -0.05) is 36.4 Å². The molecule has 2 aromatic carbocycles. The van der Waals surface area contributed by atoms with Crippen LogP contribution in [-0.2, 0) is 27.0 Å². The molecule has 0 unspecified atom stereocenters. The molecular weight excluding hydrogens is 368 g/mol. The molecule has 0 radical (unpaired) electrons. The van der Waals surface area contributed by atoms with E-state index in [1.54, 1.807) is 18.2 Å². The molecule has 0 aliphatic rings. The predicted molar refractivity (Wildman–Crippen MR) is 103 cm³/mol. The number of hydrogen-bond donors (Lipinski definition) is 2. The quantitative estimate of drug-likeness (QED) is 0.639. The molecule has 0 spiro atoms. The smallest absolute Gasteiger partial charge is 0.235 e. The summed E-state index contributed by atoms with van der Waals surface area (Å²) in [5, 5.41) is 2.70. The molecule has 0 saturated carbocycles. The fraction of sp³-hybridized carbons (Fsp3) is 0.316. The highest BCUT2D eigenvalue weighted by Crippen LogP contribution is 2.25. The summed E-state index contributed by atoms with van der Waals surface area (Å²) in [6, 6.07) is 14.6. The Balaban J connectivity index is 1.83. The van der Waals surface area contributed by atoms with Gasteiger partial charge in [-0.25, -0.2) is 13.1 Å². The lowest BCUT2D eigenvalue weighted by atomic mass is 10.1. The molecular formula is C19H24N2O5S. The van der Waals surface area contributed by atoms with Crippen LogP contribution in [0.3, 0.4) is 0 Å². The minimum Gasteiger partial charge on any atom is -0.497 e. The van der Waals surface area contributed by atoms with E-state index in [-0.39, 0.29) is 18.2 Å². The first-order valence-corrected chi connectivity index (χ1v) is 10.1. The maximum atomic E-state index is 12.2. The van der Waals surface area contributed by atoms with Gasteiger partial charge in [0.1, 0.15) is 11.5 Å². The number of carbonyl (C=O) groups excluding carboxylic acids is 1. The van der Waals surface area contributed by atoms with E-state index >= 15 is 0 Å². The van der Waals surface area contributed by atoms with E-state index in [0.717, 1.165) is 5.56 Å². The summed E-state index contributed by atoms with van der Waals surface area (Å²) in [6.07, 6.45) is 0.683. The molecule has 2 rings (SSSR count). The predicted octanol–water partition coefficient (Wildman–Crippen LogP) is 1.48. The van der Waals surface area contributed by atoms with Crippen molar-refractivity contribution in [3.8, 4) is 11.5 Å². The number of benzene rings is 2. The molecule has 7 nitrogen and oxygen atoms in total. The number of methoxy groups -OCH3 is 2. The van der Waals surface area contributed by atoms with Crippen LogP contribution in [-0.4, -0.2) is 41.6 Å². The molecule has 0 atom stereocenters. The second kappa shape index (κ2) is 9.94. The van der Waals surface area contributed by atoms with Crippen LogP contribution in [0.2, 0.25) is 0 Å². The van der Waals surface area contributed by atoms with Crippen LogP contribution in [0.1, 0.15) is 11.1 Å². The van der Waals surface area contributed by atoms with E-state index in [2.05, 4.69) is 10.0 Å². The lowest BCUT2D eigenvalue weighted by Crippen LogP contribution is -2.38. The Labute approximate surface area is 159 Å². The topological polar surface area (TPSA) is 93.7 Å². The Bertz CT molecular complexity index is 854. The maximum absolute atomic E-state index is 12.2. The maximum Gasteiger partial charge on any atom is 0.235 e. The van der Waals surface area contributed by atoms with E-state index in [9.17, 15) is 13.2 Å². The van der Waals surface area contributed by atoms with Crippen LogP contribution in [0.4, 0.5) is 0 Å². The zero-order valence-corrected chi connectivity index (χ0v) is 16.2. The summed E-state index contributed by atoms with van der Waals surface area (Å²) in [6.45, 7) is 0.131. The van der Waals surface area contributed by atoms with Gasteiger partial charge in [0, 0.05) is 18.2 Å². The summed E-state index contributed by atoms with van der Waals surface area (Å²) < 4.78 is 37.1. The first kappa shape index (κ1) is 20.7. The first-order chi connectivity index (χ1) is 12.9. The van der Waals surface area contributed by atoms with Crippen LogP contribution in [0.5, 0.6) is 11.5 Å². The van der Waals surface area contributed by atoms with Crippen molar-refractivity contribution in [3.63, 3.8) is 0 Å². The van der Waals surface area contributed by atoms with Gasteiger partial charge in [-0.2, -0.15) is 0 Å². The Morgan fingerprint density at radius 1 is 1.04 bits per heavy atom. The molecule has 0 saturated heterocycles. The monoisotopic (exact) mass is 392 g/mol. The summed E-state index contributed by atoms with van der Waals surface area (Å²) in [7, 11) is -0.717. The Hall–Kier alpha value is -2.58. The number of amides is 1. The van der Waals surface area contributed by atoms with Crippen LogP contribution in [0.25, 0.3) is 0 Å². The van der Waals surface area contributed by atoms with Crippen LogP contribution >= 0.6 is 0 Å². The van der Waals surface area contributed by atoms with E-state index in [0.29, 0.717) is 30.0 Å². The minimum atomic E-state index is -3.69. The average molecular weight is 392 g/mol. The largest absolute Gasteiger partial charge is 0.497 e. The number of sulfonamides is 1. The van der Waals surface area contributed by atoms with E-state index < -0.39 is 10.0 Å². The SMILES string of the molecule is COc1ccc(CS(=O)(=O)NCC(=O)NCCc2ccccc2)c(OC)c1. The van der Waals surface area contributed by atoms with Gasteiger partial charge in [0.2, 0.25) is 15.9 Å². The molecule has 0 aromatic heterocycles. The highest BCUT2D eigenvalue weighted by Gasteiger charge is 2.16. The second-order valence-electron chi connectivity index (χ2n) is 5.84. The molecule has 2 N–H and O–H groups in total. The minimum absolute atomic E-state index is 0.294. The lowest BCUT2D eigenvalue weighted by molar-refractivity contribution is -0.119. The van der Waals surface area contributed by atoms with E-state index in [1.165, 1.54) is 14.2 Å². The summed E-state index contributed by atoms with van der Waals surface area (Å²) >= 11 is 0. The Morgan fingerprint density at radius 2 is 1.78 bits per heavy atom. The Kier molecular flexibility index (Phi) is 7.63. The molecule has 1 amide bonds. The van der Waals surface area contributed by atoms with Crippen molar-refractivity contribution in [1.82, 2.24) is 10.0 Å². The molecule has 2 aromatic rings. The lowest BCUT2D eigenvalue weighted by Gasteiger charge is -2.12. The Morgan fingerprint density at radius 3 is 2.44 bits per heavy atom. The van der Waals surface area contributed by atoms with Crippen LogP contribution in [0.15, 0.2) is 48.5 Å². The third kappa shape index (κ3) is 6.92. The van der Waals surface area contributed by atoms with Crippen LogP contribution < -0.4 is 19.5 Å². The zero-order valence-electron chi connectivity index (χ0n) is 15.4. The van der Waals surface area contributed by atoms with Crippen molar-refractivity contribution in [2.75, 3.05) is 27.3 Å². The molecule has 0 fully saturated rings. The van der Waals surface area contributed by atoms with E-state index in [4.69, 9.17) is 9.47 Å². The number of carbonyl (C=O) groups is 1. The number of hydrogen-bond acceptors (Lipinski definition) is 5. The normalized spacial score (nSPS) is 11.0. The van der Waals surface area contributed by atoms with Gasteiger partial charge in [-0.3, -0.25) is 4.79 Å². The van der Waals surface area contributed by atoms with Gasteiger partial charge in [0.05, 0.1) is 26.5 Å². The molecule has 8 heteroatoms. The third-order valence-electron chi connectivity index (χ3n) is 3.87. The number of rotatable bonds is 10. The van der Waals surface area contributed by atoms with Crippen molar-refractivity contribution in [3.05, 3.63) is 59.7 Å². The van der Waals surface area contributed by atoms with Crippen molar-refractivity contribution in [1.29, 1.82) is 0 Å². The van der Waals surface area contributed by atoms with Gasteiger partial charge in [-0.15, -0.1) is 0 Å². The zero-order chi connectivity index (χ0) is 19.7. The fourth-order valence-electron chi connectivity index (χ4n) is 2.46. The number of ether oxygens (including phenoxy) is 2. The van der Waals surface area contributed by atoms with Gasteiger partial charge in [-0.05, 0) is 18.1 Å². The molecule has 0 heterocycles. The molecule has 146 valence electrons. The highest BCUT2D eigenvalue weighted by atomic mass is 32.2. The van der Waals surface area contributed by atoms with Gasteiger partial charge < -0.3 is 14.8 Å². The molecule has 27 heavy (non-hydrogen) atoms. The third-order valence-corrected chi connectivity index (χ3v) is 5.15.